The maximum Gasteiger partial charge on any atom is 0.241 e. The quantitative estimate of drug-likeness (QED) is 0.696. The molecule has 31 heavy (non-hydrogen) atoms. The highest BCUT2D eigenvalue weighted by atomic mass is 16.2. The van der Waals surface area contributed by atoms with E-state index >= 15 is 0 Å². The number of hydrogen-bond donors (Lipinski definition) is 0. The maximum absolute atomic E-state index is 13.7. The van der Waals surface area contributed by atoms with E-state index < -0.39 is 5.41 Å². The third-order valence-corrected chi connectivity index (χ3v) is 6.46. The molecule has 1 atom stereocenters. The van der Waals surface area contributed by atoms with Gasteiger partial charge in [-0.25, -0.2) is 0 Å². The number of pyridine rings is 1. The van der Waals surface area contributed by atoms with E-state index in [2.05, 4.69) is 4.98 Å². The van der Waals surface area contributed by atoms with Gasteiger partial charge in [0, 0.05) is 38.3 Å². The van der Waals surface area contributed by atoms with Crippen LogP contribution in [0, 0.1) is 0 Å². The molecule has 1 unspecified atom stereocenters. The van der Waals surface area contributed by atoms with Gasteiger partial charge in [0.2, 0.25) is 17.7 Å². The monoisotopic (exact) mass is 419 g/mol. The Hall–Kier alpha value is -3.02. The zero-order valence-corrected chi connectivity index (χ0v) is 17.8. The molecule has 6 nitrogen and oxygen atoms in total. The molecule has 3 amide bonds. The zero-order chi connectivity index (χ0) is 21.7. The lowest BCUT2D eigenvalue weighted by atomic mass is 9.75. The highest BCUT2D eigenvalue weighted by Gasteiger charge is 2.54. The fraction of sp³-hybridized carbons (Fsp3) is 0.440. The number of carbonyl (C=O) groups is 3. The SMILES string of the molecule is O=C(CC1(c2ccccc2)CC(=O)N(Cc2cccnc2)C1=O)N1CCCCCCC1. The fourth-order valence-electron chi connectivity index (χ4n) is 4.72. The van der Waals surface area contributed by atoms with Crippen LogP contribution in [0.2, 0.25) is 0 Å². The molecule has 0 radical (unpaired) electrons. The van der Waals surface area contributed by atoms with Crippen LogP contribution in [0.25, 0.3) is 0 Å². The predicted molar refractivity (Wildman–Crippen MR) is 117 cm³/mol. The number of rotatable bonds is 5. The Labute approximate surface area is 183 Å². The van der Waals surface area contributed by atoms with E-state index in [0.29, 0.717) is 0 Å². The van der Waals surface area contributed by atoms with E-state index in [-0.39, 0.29) is 37.1 Å². The molecule has 162 valence electrons. The molecule has 2 aromatic rings. The van der Waals surface area contributed by atoms with Gasteiger partial charge in [0.15, 0.2) is 0 Å². The molecule has 2 aliphatic rings. The second-order valence-electron chi connectivity index (χ2n) is 8.60. The smallest absolute Gasteiger partial charge is 0.241 e. The molecule has 4 rings (SSSR count). The van der Waals surface area contributed by atoms with E-state index in [1.807, 2.05) is 41.3 Å². The average molecular weight is 420 g/mol. The first-order valence-electron chi connectivity index (χ1n) is 11.2. The summed E-state index contributed by atoms with van der Waals surface area (Å²) in [5, 5.41) is 0. The highest BCUT2D eigenvalue weighted by molar-refractivity contribution is 6.10. The molecule has 1 aromatic carbocycles. The van der Waals surface area contributed by atoms with Crippen molar-refractivity contribution in [3.63, 3.8) is 0 Å². The van der Waals surface area contributed by atoms with Gasteiger partial charge in [-0.1, -0.05) is 55.7 Å². The number of benzene rings is 1. The van der Waals surface area contributed by atoms with Crippen LogP contribution in [0.5, 0.6) is 0 Å². The average Bonchev–Trinajstić information content (AvgIpc) is 3.00. The topological polar surface area (TPSA) is 70.6 Å². The Morgan fingerprint density at radius 1 is 0.935 bits per heavy atom. The van der Waals surface area contributed by atoms with E-state index in [9.17, 15) is 14.4 Å². The van der Waals surface area contributed by atoms with Gasteiger partial charge in [0.1, 0.15) is 0 Å². The third-order valence-electron chi connectivity index (χ3n) is 6.46. The first-order valence-corrected chi connectivity index (χ1v) is 11.2. The Morgan fingerprint density at radius 2 is 1.65 bits per heavy atom. The van der Waals surface area contributed by atoms with Crippen molar-refractivity contribution in [2.24, 2.45) is 0 Å². The molecule has 2 saturated heterocycles. The van der Waals surface area contributed by atoms with Crippen LogP contribution in [0.3, 0.4) is 0 Å². The van der Waals surface area contributed by atoms with Gasteiger partial charge in [-0.15, -0.1) is 0 Å². The summed E-state index contributed by atoms with van der Waals surface area (Å²) in [6.45, 7) is 1.63. The van der Waals surface area contributed by atoms with Gasteiger partial charge < -0.3 is 4.90 Å². The van der Waals surface area contributed by atoms with Crippen molar-refractivity contribution in [3.8, 4) is 0 Å². The van der Waals surface area contributed by atoms with E-state index in [4.69, 9.17) is 0 Å². The van der Waals surface area contributed by atoms with Crippen molar-refractivity contribution in [2.45, 2.75) is 56.9 Å². The minimum absolute atomic E-state index is 0.0235. The lowest BCUT2D eigenvalue weighted by Gasteiger charge is -2.31. The molecule has 0 N–H and O–H groups in total. The van der Waals surface area contributed by atoms with Gasteiger partial charge >= 0.3 is 0 Å². The number of nitrogens with zero attached hydrogens (tertiary/aromatic N) is 3. The van der Waals surface area contributed by atoms with Gasteiger partial charge in [-0.3, -0.25) is 24.3 Å². The van der Waals surface area contributed by atoms with Crippen molar-refractivity contribution in [2.75, 3.05) is 13.1 Å². The number of carbonyl (C=O) groups excluding carboxylic acids is 3. The number of likely N-dealkylation sites (tertiary alicyclic amines) is 2. The molecule has 0 saturated carbocycles. The Balaban J connectivity index is 1.62. The van der Waals surface area contributed by atoms with Crippen LogP contribution < -0.4 is 0 Å². The molecule has 1 aromatic heterocycles. The lowest BCUT2D eigenvalue weighted by Crippen LogP contribution is -2.44. The van der Waals surface area contributed by atoms with Crippen LogP contribution >= 0.6 is 0 Å². The first-order chi connectivity index (χ1) is 15.1. The Kier molecular flexibility index (Phi) is 6.44. The summed E-state index contributed by atoms with van der Waals surface area (Å²) in [5.74, 6) is -0.554. The van der Waals surface area contributed by atoms with Crippen molar-refractivity contribution in [3.05, 3.63) is 66.0 Å². The van der Waals surface area contributed by atoms with Crippen LogP contribution in [0.1, 0.15) is 56.1 Å². The van der Waals surface area contributed by atoms with E-state index in [1.165, 1.54) is 11.3 Å². The van der Waals surface area contributed by atoms with Crippen molar-refractivity contribution >= 4 is 17.7 Å². The minimum Gasteiger partial charge on any atom is -0.343 e. The van der Waals surface area contributed by atoms with Crippen molar-refractivity contribution < 1.29 is 14.4 Å². The lowest BCUT2D eigenvalue weighted by molar-refractivity contribution is -0.143. The van der Waals surface area contributed by atoms with Crippen molar-refractivity contribution in [1.82, 2.24) is 14.8 Å². The molecule has 2 fully saturated rings. The van der Waals surface area contributed by atoms with Crippen molar-refractivity contribution in [1.29, 1.82) is 0 Å². The van der Waals surface area contributed by atoms with Crippen LogP contribution in [0.15, 0.2) is 54.9 Å². The van der Waals surface area contributed by atoms with Crippen LogP contribution in [-0.2, 0) is 26.3 Å². The third kappa shape index (κ3) is 4.53. The summed E-state index contributed by atoms with van der Waals surface area (Å²) in [7, 11) is 0. The number of aromatic nitrogens is 1. The van der Waals surface area contributed by atoms with Gasteiger partial charge in [0.25, 0.3) is 0 Å². The largest absolute Gasteiger partial charge is 0.343 e. The molecular weight excluding hydrogens is 390 g/mol. The standard InChI is InChI=1S/C25H29N3O3/c29-22(27-14-7-2-1-3-8-15-27)16-25(21-11-5-4-6-12-21)17-23(30)28(24(25)31)19-20-10-9-13-26-18-20/h4-6,9-13,18H,1-3,7-8,14-17,19H2. The molecular formula is C25H29N3O3. The molecule has 0 aliphatic carbocycles. The number of amides is 3. The van der Waals surface area contributed by atoms with Gasteiger partial charge in [0.05, 0.1) is 12.0 Å². The second kappa shape index (κ2) is 9.41. The van der Waals surface area contributed by atoms with E-state index in [1.54, 1.807) is 18.5 Å². The molecule has 6 heteroatoms. The Bertz CT molecular complexity index is 924. The van der Waals surface area contributed by atoms with Crippen LogP contribution in [0.4, 0.5) is 0 Å². The van der Waals surface area contributed by atoms with Gasteiger partial charge in [-0.2, -0.15) is 0 Å². The number of hydrogen-bond acceptors (Lipinski definition) is 4. The van der Waals surface area contributed by atoms with Crippen LogP contribution in [-0.4, -0.2) is 45.6 Å². The predicted octanol–water partition coefficient (Wildman–Crippen LogP) is 3.46. The van der Waals surface area contributed by atoms with E-state index in [0.717, 1.165) is 49.9 Å². The highest BCUT2D eigenvalue weighted by Crippen LogP contribution is 2.41. The summed E-state index contributed by atoms with van der Waals surface area (Å²) in [4.78, 5) is 47.3. The molecule has 3 heterocycles. The summed E-state index contributed by atoms with van der Waals surface area (Å²) in [6, 6.07) is 13.0. The maximum atomic E-state index is 13.7. The fourth-order valence-corrected chi connectivity index (χ4v) is 4.72. The molecule has 0 spiro atoms. The normalized spacial score (nSPS) is 22.3. The molecule has 2 aliphatic heterocycles. The summed E-state index contributed by atoms with van der Waals surface area (Å²) in [6.07, 6.45) is 8.83. The second-order valence-corrected chi connectivity index (χ2v) is 8.60. The summed E-state index contributed by atoms with van der Waals surface area (Å²) in [5.41, 5.74) is 0.394. The zero-order valence-electron chi connectivity index (χ0n) is 17.8. The Morgan fingerprint density at radius 3 is 2.32 bits per heavy atom. The molecule has 0 bridgehead atoms. The summed E-state index contributed by atoms with van der Waals surface area (Å²) >= 11 is 0. The first kappa shape index (κ1) is 21.2. The minimum atomic E-state index is -1.14. The summed E-state index contributed by atoms with van der Waals surface area (Å²) < 4.78 is 0. The van der Waals surface area contributed by atoms with Gasteiger partial charge in [-0.05, 0) is 30.0 Å². The number of imide groups is 1.